The summed E-state index contributed by atoms with van der Waals surface area (Å²) in [6, 6.07) is 14.6. The molecule has 0 heterocycles. The highest BCUT2D eigenvalue weighted by Crippen LogP contribution is 2.68. The normalized spacial score (nSPS) is 19.9. The Labute approximate surface area is 176 Å². The van der Waals surface area contributed by atoms with Crippen molar-refractivity contribution in [2.75, 3.05) is 0 Å². The Morgan fingerprint density at radius 3 is 1.66 bits per heavy atom. The lowest BCUT2D eigenvalue weighted by molar-refractivity contribution is 0.520. The van der Waals surface area contributed by atoms with Crippen LogP contribution in [0.1, 0.15) is 89.0 Å². The van der Waals surface area contributed by atoms with Crippen molar-refractivity contribution in [2.24, 2.45) is 5.41 Å². The van der Waals surface area contributed by atoms with E-state index in [4.69, 9.17) is 0 Å². The second-order valence-electron chi connectivity index (χ2n) is 11.5. The Balaban J connectivity index is 1.73. The second kappa shape index (κ2) is 5.97. The van der Waals surface area contributed by atoms with E-state index in [-0.39, 0.29) is 10.8 Å². The molecule has 0 atom stereocenters. The summed E-state index contributed by atoms with van der Waals surface area (Å²) in [5, 5.41) is 0. The molecular formula is C29H34. The lowest BCUT2D eigenvalue weighted by atomic mass is 9.74. The van der Waals surface area contributed by atoms with Crippen molar-refractivity contribution >= 4 is 0 Å². The van der Waals surface area contributed by atoms with Gasteiger partial charge in [-0.25, -0.2) is 0 Å². The van der Waals surface area contributed by atoms with E-state index in [1.54, 1.807) is 16.7 Å². The van der Waals surface area contributed by atoms with Gasteiger partial charge < -0.3 is 0 Å². The molecule has 0 bridgehead atoms. The molecule has 0 radical (unpaired) electrons. The van der Waals surface area contributed by atoms with Crippen molar-refractivity contribution in [1.29, 1.82) is 0 Å². The van der Waals surface area contributed by atoms with Gasteiger partial charge >= 0.3 is 0 Å². The van der Waals surface area contributed by atoms with E-state index >= 15 is 0 Å². The minimum Gasteiger partial charge on any atom is -0.0804 e. The predicted molar refractivity (Wildman–Crippen MR) is 125 cm³/mol. The lowest BCUT2D eigenvalue weighted by Crippen LogP contribution is -2.18. The minimum atomic E-state index is 0.176. The van der Waals surface area contributed by atoms with Gasteiger partial charge in [-0.1, -0.05) is 102 Å². The molecule has 0 saturated heterocycles. The summed E-state index contributed by atoms with van der Waals surface area (Å²) in [7, 11) is 0. The second-order valence-corrected chi connectivity index (χ2v) is 11.5. The number of hydrogen-bond donors (Lipinski definition) is 0. The minimum absolute atomic E-state index is 0.176. The molecule has 0 spiro atoms. The van der Waals surface area contributed by atoms with Gasteiger partial charge in [0.1, 0.15) is 0 Å². The first kappa shape index (κ1) is 18.9. The van der Waals surface area contributed by atoms with Crippen LogP contribution in [0.5, 0.6) is 0 Å². The van der Waals surface area contributed by atoms with Crippen LogP contribution in [-0.4, -0.2) is 0 Å². The molecule has 0 aromatic heterocycles. The van der Waals surface area contributed by atoms with Gasteiger partial charge in [-0.15, -0.1) is 0 Å². The molecule has 0 unspecified atom stereocenters. The molecular weight excluding hydrogens is 348 g/mol. The number of rotatable bonds is 2. The van der Waals surface area contributed by atoms with Crippen molar-refractivity contribution in [3.63, 3.8) is 0 Å². The van der Waals surface area contributed by atoms with Crippen molar-refractivity contribution in [3.05, 3.63) is 82.5 Å². The maximum Gasteiger partial charge on any atom is 0.0196 e. The van der Waals surface area contributed by atoms with E-state index in [0.29, 0.717) is 11.3 Å². The Morgan fingerprint density at radius 1 is 0.759 bits per heavy atom. The molecule has 0 N–H and O–H groups in total. The first-order valence-electron chi connectivity index (χ1n) is 11.3. The molecule has 2 aromatic rings. The van der Waals surface area contributed by atoms with Crippen LogP contribution >= 0.6 is 0 Å². The van der Waals surface area contributed by atoms with Crippen LogP contribution in [0.4, 0.5) is 0 Å². The van der Waals surface area contributed by atoms with Crippen LogP contribution in [0.2, 0.25) is 0 Å². The molecule has 5 rings (SSSR count). The zero-order chi connectivity index (χ0) is 20.6. The SMILES string of the molecule is CC(C)(C)c1ccc2c(c1)C(C1(C3=CC=CC3)CC1)c1cc(C(C)(C)C)ccc1-2. The highest BCUT2D eigenvalue weighted by Gasteiger charge is 2.55. The van der Waals surface area contributed by atoms with E-state index in [1.807, 2.05) is 0 Å². The summed E-state index contributed by atoms with van der Waals surface area (Å²) >= 11 is 0. The number of benzene rings is 2. The fourth-order valence-corrected chi connectivity index (χ4v) is 5.54. The highest BCUT2D eigenvalue weighted by atomic mass is 14.6. The molecule has 1 saturated carbocycles. The molecule has 0 aliphatic heterocycles. The number of hydrogen-bond acceptors (Lipinski definition) is 0. The Bertz CT molecular complexity index is 979. The summed E-state index contributed by atoms with van der Waals surface area (Å²) in [4.78, 5) is 0. The van der Waals surface area contributed by atoms with Crippen LogP contribution in [0, 0.1) is 5.41 Å². The fraction of sp³-hybridized carbons (Fsp3) is 0.448. The van der Waals surface area contributed by atoms with Crippen molar-refractivity contribution in [3.8, 4) is 11.1 Å². The molecule has 1 fully saturated rings. The average molecular weight is 383 g/mol. The van der Waals surface area contributed by atoms with Crippen LogP contribution in [0.15, 0.2) is 60.2 Å². The van der Waals surface area contributed by atoms with Gasteiger partial charge in [0, 0.05) is 11.3 Å². The van der Waals surface area contributed by atoms with E-state index in [0.717, 1.165) is 6.42 Å². The molecule has 3 aliphatic rings. The third kappa shape index (κ3) is 2.87. The van der Waals surface area contributed by atoms with Gasteiger partial charge in [0.2, 0.25) is 0 Å². The molecule has 3 aliphatic carbocycles. The fourth-order valence-electron chi connectivity index (χ4n) is 5.54. The summed E-state index contributed by atoms with van der Waals surface area (Å²) < 4.78 is 0. The van der Waals surface area contributed by atoms with Crippen LogP contribution < -0.4 is 0 Å². The first-order chi connectivity index (χ1) is 13.6. The van der Waals surface area contributed by atoms with Crippen molar-refractivity contribution < 1.29 is 0 Å². The molecule has 0 heteroatoms. The standard InChI is InChI=1S/C29H34/c1-27(2,3)20-11-13-22-23-14-12-21(28(4,5)6)18-25(23)26(24(22)17-20)29(15-16-29)19-9-7-8-10-19/h7-9,11-14,17-18,26H,10,15-16H2,1-6H3. The van der Waals surface area contributed by atoms with Gasteiger partial charge in [-0.3, -0.25) is 0 Å². The predicted octanol–water partition coefficient (Wildman–Crippen LogP) is 8.06. The smallest absolute Gasteiger partial charge is 0.0196 e. The molecule has 0 nitrogen and oxygen atoms in total. The molecule has 0 amide bonds. The monoisotopic (exact) mass is 382 g/mol. The maximum atomic E-state index is 2.54. The largest absolute Gasteiger partial charge is 0.0804 e. The van der Waals surface area contributed by atoms with E-state index in [1.165, 1.54) is 35.1 Å². The Kier molecular flexibility index (Phi) is 3.90. The van der Waals surface area contributed by atoms with E-state index in [2.05, 4.69) is 96.2 Å². The molecule has 150 valence electrons. The van der Waals surface area contributed by atoms with Crippen LogP contribution in [0.25, 0.3) is 11.1 Å². The molecule has 29 heavy (non-hydrogen) atoms. The third-order valence-corrected chi connectivity index (χ3v) is 7.50. The maximum absolute atomic E-state index is 2.54. The van der Waals surface area contributed by atoms with Crippen molar-refractivity contribution in [1.82, 2.24) is 0 Å². The lowest BCUT2D eigenvalue weighted by Gasteiger charge is -2.29. The van der Waals surface area contributed by atoms with E-state index in [9.17, 15) is 0 Å². The van der Waals surface area contributed by atoms with Gasteiger partial charge in [0.05, 0.1) is 0 Å². The Morgan fingerprint density at radius 2 is 1.28 bits per heavy atom. The zero-order valence-corrected chi connectivity index (χ0v) is 18.9. The zero-order valence-electron chi connectivity index (χ0n) is 18.9. The summed E-state index contributed by atoms with van der Waals surface area (Å²) in [5.41, 5.74) is 11.3. The van der Waals surface area contributed by atoms with Crippen molar-refractivity contribution in [2.45, 2.75) is 77.6 Å². The van der Waals surface area contributed by atoms with Gasteiger partial charge in [-0.2, -0.15) is 0 Å². The number of allylic oxidation sites excluding steroid dienone is 4. The average Bonchev–Trinajstić information content (AvgIpc) is 3.13. The molecule has 2 aromatic carbocycles. The summed E-state index contributed by atoms with van der Waals surface area (Å²) in [6.07, 6.45) is 10.8. The van der Waals surface area contributed by atoms with Gasteiger partial charge in [0.15, 0.2) is 0 Å². The number of fused-ring (bicyclic) bond motifs is 3. The quantitative estimate of drug-likeness (QED) is 0.492. The summed E-state index contributed by atoms with van der Waals surface area (Å²) in [6.45, 7) is 14.0. The van der Waals surface area contributed by atoms with Gasteiger partial charge in [0.25, 0.3) is 0 Å². The van der Waals surface area contributed by atoms with Gasteiger partial charge in [-0.05, 0) is 63.5 Å². The van der Waals surface area contributed by atoms with Crippen LogP contribution in [-0.2, 0) is 10.8 Å². The van der Waals surface area contributed by atoms with E-state index < -0.39 is 0 Å². The first-order valence-corrected chi connectivity index (χ1v) is 11.3. The summed E-state index contributed by atoms with van der Waals surface area (Å²) in [5.74, 6) is 0.503. The highest BCUT2D eigenvalue weighted by molar-refractivity contribution is 5.81. The Hall–Kier alpha value is -2.08. The third-order valence-electron chi connectivity index (χ3n) is 7.50. The van der Waals surface area contributed by atoms with Crippen LogP contribution in [0.3, 0.4) is 0 Å². The topological polar surface area (TPSA) is 0 Å².